The van der Waals surface area contributed by atoms with Crippen LogP contribution in [-0.4, -0.2) is 18.6 Å². The van der Waals surface area contributed by atoms with Crippen LogP contribution in [0.1, 0.15) is 6.92 Å². The van der Waals surface area contributed by atoms with Crippen LogP contribution in [0, 0.1) is 0 Å². The maximum Gasteiger partial charge on any atom is 0.148 e. The van der Waals surface area contributed by atoms with E-state index in [1.807, 2.05) is 6.92 Å². The molecule has 0 fully saturated rings. The van der Waals surface area contributed by atoms with Gasteiger partial charge in [0, 0.05) is 12.5 Å². The van der Waals surface area contributed by atoms with E-state index in [9.17, 15) is 0 Å². The SMILES string of the molecule is CC(CCl)OP(C)(=S)Cl. The van der Waals surface area contributed by atoms with E-state index in [1.54, 1.807) is 6.66 Å². The molecule has 0 radical (unpaired) electrons. The highest BCUT2D eigenvalue weighted by molar-refractivity contribution is 8.24. The first-order chi connectivity index (χ1) is 3.95. The van der Waals surface area contributed by atoms with Crippen molar-refractivity contribution in [3.05, 3.63) is 0 Å². The Morgan fingerprint density at radius 3 is 2.33 bits per heavy atom. The van der Waals surface area contributed by atoms with Crippen molar-refractivity contribution in [3.8, 4) is 0 Å². The molecule has 56 valence electrons. The second-order valence-electron chi connectivity index (χ2n) is 1.82. The molecule has 2 unspecified atom stereocenters. The van der Waals surface area contributed by atoms with Crippen molar-refractivity contribution in [2.75, 3.05) is 12.5 Å². The Labute approximate surface area is 70.6 Å². The van der Waals surface area contributed by atoms with Crippen LogP contribution >= 0.6 is 28.5 Å². The highest BCUT2D eigenvalue weighted by Crippen LogP contribution is 2.49. The molecule has 0 aliphatic carbocycles. The highest BCUT2D eigenvalue weighted by atomic mass is 35.7. The fourth-order valence-electron chi connectivity index (χ4n) is 0.350. The van der Waals surface area contributed by atoms with Gasteiger partial charge in [-0.2, -0.15) is 0 Å². The molecular formula is C4H9Cl2OPS. The standard InChI is InChI=1S/C4H9Cl2OPS/c1-4(3-5)7-8(2,6)9/h4H,3H2,1-2H3. The second-order valence-corrected chi connectivity index (χ2v) is 8.46. The van der Waals surface area contributed by atoms with Crippen molar-refractivity contribution in [1.29, 1.82) is 0 Å². The lowest BCUT2D eigenvalue weighted by Crippen LogP contribution is -2.05. The predicted octanol–water partition coefficient (Wildman–Crippen LogP) is 2.81. The van der Waals surface area contributed by atoms with Crippen LogP contribution in [0.15, 0.2) is 0 Å². The summed E-state index contributed by atoms with van der Waals surface area (Å²) in [5.74, 6) is 0.443. The molecule has 0 bridgehead atoms. The minimum Gasteiger partial charge on any atom is -0.334 e. The molecule has 0 aromatic heterocycles. The van der Waals surface area contributed by atoms with Gasteiger partial charge in [-0.1, -0.05) is 23.0 Å². The fourth-order valence-corrected chi connectivity index (χ4v) is 2.07. The minimum absolute atomic E-state index is 0.0278. The third-order valence-electron chi connectivity index (χ3n) is 0.586. The molecule has 0 aromatic rings. The molecule has 1 nitrogen and oxygen atoms in total. The van der Waals surface area contributed by atoms with E-state index in [0.717, 1.165) is 0 Å². The molecule has 2 atom stereocenters. The summed E-state index contributed by atoms with van der Waals surface area (Å²) in [6.07, 6.45) is -0.0278. The Morgan fingerprint density at radius 1 is 1.78 bits per heavy atom. The summed E-state index contributed by atoms with van der Waals surface area (Å²) in [4.78, 5) is 0. The molecule has 0 aliphatic rings. The topological polar surface area (TPSA) is 9.23 Å². The van der Waals surface area contributed by atoms with Crippen LogP contribution in [0.3, 0.4) is 0 Å². The normalized spacial score (nSPS) is 20.9. The van der Waals surface area contributed by atoms with Gasteiger partial charge in [-0.15, -0.1) is 11.6 Å². The monoisotopic (exact) mass is 206 g/mol. The molecule has 0 heterocycles. The Balaban J connectivity index is 3.60. The van der Waals surface area contributed by atoms with E-state index in [1.165, 1.54) is 0 Å². The Morgan fingerprint density at radius 2 is 2.22 bits per heavy atom. The van der Waals surface area contributed by atoms with Crippen LogP contribution in [0.2, 0.25) is 0 Å². The summed E-state index contributed by atoms with van der Waals surface area (Å²) in [7, 11) is 0. The van der Waals surface area contributed by atoms with Crippen LogP contribution in [0.25, 0.3) is 0 Å². The van der Waals surface area contributed by atoms with Crippen LogP contribution in [0.4, 0.5) is 0 Å². The van der Waals surface area contributed by atoms with Gasteiger partial charge in [-0.3, -0.25) is 0 Å². The smallest absolute Gasteiger partial charge is 0.148 e. The minimum atomic E-state index is -2.02. The van der Waals surface area contributed by atoms with Gasteiger partial charge in [0.1, 0.15) is 5.62 Å². The van der Waals surface area contributed by atoms with Crippen molar-refractivity contribution in [2.24, 2.45) is 0 Å². The average molecular weight is 207 g/mol. The number of halogens is 2. The Bertz CT molecular complexity index is 124. The highest BCUT2D eigenvalue weighted by Gasteiger charge is 2.09. The van der Waals surface area contributed by atoms with Gasteiger partial charge >= 0.3 is 0 Å². The molecule has 0 saturated heterocycles. The maximum absolute atomic E-state index is 5.65. The van der Waals surface area contributed by atoms with Gasteiger partial charge in [0.05, 0.1) is 6.10 Å². The predicted molar refractivity (Wildman–Crippen MR) is 47.3 cm³/mol. The van der Waals surface area contributed by atoms with Gasteiger partial charge in [-0.05, 0) is 6.92 Å². The molecular weight excluding hydrogens is 198 g/mol. The van der Waals surface area contributed by atoms with E-state index in [0.29, 0.717) is 5.88 Å². The third-order valence-corrected chi connectivity index (χ3v) is 2.25. The van der Waals surface area contributed by atoms with Crippen molar-refractivity contribution in [3.63, 3.8) is 0 Å². The van der Waals surface area contributed by atoms with E-state index < -0.39 is 5.62 Å². The molecule has 0 saturated carbocycles. The molecule has 0 aromatic carbocycles. The zero-order valence-corrected chi connectivity index (χ0v) is 8.53. The molecule has 0 spiro atoms. The van der Waals surface area contributed by atoms with Crippen LogP contribution in [0.5, 0.6) is 0 Å². The first-order valence-electron chi connectivity index (χ1n) is 2.47. The average Bonchev–Trinajstić information content (AvgIpc) is 1.62. The molecule has 0 rings (SSSR count). The number of hydrogen-bond donors (Lipinski definition) is 0. The summed E-state index contributed by atoms with van der Waals surface area (Å²) in [5.41, 5.74) is -2.02. The van der Waals surface area contributed by atoms with E-state index >= 15 is 0 Å². The number of hydrogen-bond acceptors (Lipinski definition) is 2. The Kier molecular flexibility index (Phi) is 4.70. The summed E-state index contributed by atoms with van der Waals surface area (Å²) < 4.78 is 5.15. The maximum atomic E-state index is 5.65. The zero-order chi connectivity index (χ0) is 7.49. The zero-order valence-electron chi connectivity index (χ0n) is 5.30. The molecule has 0 N–H and O–H groups in total. The van der Waals surface area contributed by atoms with E-state index in [-0.39, 0.29) is 6.10 Å². The first-order valence-corrected chi connectivity index (χ1v) is 7.08. The lowest BCUT2D eigenvalue weighted by molar-refractivity contribution is 0.280. The van der Waals surface area contributed by atoms with Gasteiger partial charge in [0.2, 0.25) is 0 Å². The largest absolute Gasteiger partial charge is 0.334 e. The van der Waals surface area contributed by atoms with Crippen molar-refractivity contribution in [2.45, 2.75) is 13.0 Å². The van der Waals surface area contributed by atoms with Crippen molar-refractivity contribution >= 4 is 40.3 Å². The first kappa shape index (κ1) is 10.2. The van der Waals surface area contributed by atoms with Crippen LogP contribution in [-0.2, 0) is 16.3 Å². The lowest BCUT2D eigenvalue weighted by atomic mass is 10.5. The molecule has 5 heteroatoms. The summed E-state index contributed by atoms with van der Waals surface area (Å²) in [5, 5.41) is 0. The summed E-state index contributed by atoms with van der Waals surface area (Å²) in [6, 6.07) is 0. The second kappa shape index (κ2) is 4.15. The number of alkyl halides is 1. The van der Waals surface area contributed by atoms with Crippen molar-refractivity contribution in [1.82, 2.24) is 0 Å². The van der Waals surface area contributed by atoms with Crippen LogP contribution < -0.4 is 0 Å². The fraction of sp³-hybridized carbons (Fsp3) is 1.00. The molecule has 9 heavy (non-hydrogen) atoms. The van der Waals surface area contributed by atoms with Gasteiger partial charge < -0.3 is 4.52 Å². The Hall–Kier alpha value is 1.19. The van der Waals surface area contributed by atoms with Crippen molar-refractivity contribution < 1.29 is 4.52 Å². The van der Waals surface area contributed by atoms with E-state index in [2.05, 4.69) is 0 Å². The molecule has 0 amide bonds. The van der Waals surface area contributed by atoms with E-state index in [4.69, 9.17) is 39.2 Å². The molecule has 0 aliphatic heterocycles. The lowest BCUT2D eigenvalue weighted by Gasteiger charge is -2.13. The third kappa shape index (κ3) is 7.08. The number of rotatable bonds is 3. The summed E-state index contributed by atoms with van der Waals surface area (Å²) >= 11 is 15.9. The quantitative estimate of drug-likeness (QED) is 0.519. The van der Waals surface area contributed by atoms with Gasteiger partial charge in [0.25, 0.3) is 0 Å². The summed E-state index contributed by atoms with van der Waals surface area (Å²) in [6.45, 7) is 3.56. The van der Waals surface area contributed by atoms with Gasteiger partial charge in [0.15, 0.2) is 0 Å². The van der Waals surface area contributed by atoms with Gasteiger partial charge in [-0.25, -0.2) is 0 Å².